The zero-order valence-corrected chi connectivity index (χ0v) is 17.9. The summed E-state index contributed by atoms with van der Waals surface area (Å²) in [4.78, 5) is 12.4. The second kappa shape index (κ2) is 9.17. The summed E-state index contributed by atoms with van der Waals surface area (Å²) in [5.41, 5.74) is 1.10. The predicted octanol–water partition coefficient (Wildman–Crippen LogP) is 2.88. The van der Waals surface area contributed by atoms with Crippen LogP contribution in [0.1, 0.15) is 44.0 Å². The van der Waals surface area contributed by atoms with E-state index in [4.69, 9.17) is 4.74 Å². The Bertz CT molecular complexity index is 855. The van der Waals surface area contributed by atoms with Gasteiger partial charge in [0.2, 0.25) is 5.91 Å². The van der Waals surface area contributed by atoms with Gasteiger partial charge in [0.25, 0.3) is 0 Å². The average molecular weight is 416 g/mol. The van der Waals surface area contributed by atoms with E-state index >= 15 is 0 Å². The van der Waals surface area contributed by atoms with Crippen LogP contribution in [0.2, 0.25) is 0 Å². The summed E-state index contributed by atoms with van der Waals surface area (Å²) in [5.74, 6) is 2.73. The van der Waals surface area contributed by atoms with Crippen LogP contribution in [0.3, 0.4) is 0 Å². The van der Waals surface area contributed by atoms with Gasteiger partial charge >= 0.3 is 0 Å². The zero-order chi connectivity index (χ0) is 20.2. The van der Waals surface area contributed by atoms with Crippen molar-refractivity contribution in [2.45, 2.75) is 70.0 Å². The Morgan fingerprint density at radius 1 is 1.24 bits per heavy atom. The van der Waals surface area contributed by atoms with Gasteiger partial charge in [-0.3, -0.25) is 10.1 Å². The minimum Gasteiger partial charge on any atom is -0.485 e. The van der Waals surface area contributed by atoms with E-state index in [0.717, 1.165) is 53.9 Å². The van der Waals surface area contributed by atoms with Crippen LogP contribution in [0.15, 0.2) is 29.4 Å². The van der Waals surface area contributed by atoms with Crippen molar-refractivity contribution < 1.29 is 9.53 Å². The molecule has 0 spiro atoms. The molecule has 1 saturated heterocycles. The molecule has 8 heteroatoms. The zero-order valence-electron chi connectivity index (χ0n) is 17.1. The SMILES string of the molecule is CCn1c(COc2ccccc2C)nnc1SCC1NC(=O)C2CCCCC2N1. The summed E-state index contributed by atoms with van der Waals surface area (Å²) in [7, 11) is 0. The van der Waals surface area contributed by atoms with Crippen LogP contribution >= 0.6 is 11.8 Å². The summed E-state index contributed by atoms with van der Waals surface area (Å²) >= 11 is 1.62. The molecular formula is C21H29N5O2S. The number of benzene rings is 1. The van der Waals surface area contributed by atoms with Gasteiger partial charge in [0, 0.05) is 18.3 Å². The van der Waals surface area contributed by atoms with E-state index < -0.39 is 0 Å². The van der Waals surface area contributed by atoms with E-state index in [1.54, 1.807) is 11.8 Å². The molecule has 3 unspecified atom stereocenters. The van der Waals surface area contributed by atoms with Crippen LogP contribution in [0, 0.1) is 12.8 Å². The smallest absolute Gasteiger partial charge is 0.225 e. The quantitative estimate of drug-likeness (QED) is 0.677. The number of thioether (sulfide) groups is 1. The molecule has 156 valence electrons. The van der Waals surface area contributed by atoms with Gasteiger partial charge in [0.1, 0.15) is 12.4 Å². The molecule has 2 fully saturated rings. The Hall–Kier alpha value is -2.06. The highest BCUT2D eigenvalue weighted by atomic mass is 32.2. The van der Waals surface area contributed by atoms with Crippen molar-refractivity contribution in [3.05, 3.63) is 35.7 Å². The Balaban J connectivity index is 1.36. The predicted molar refractivity (Wildman–Crippen MR) is 113 cm³/mol. The third kappa shape index (κ3) is 4.59. The number of hydrogen-bond donors (Lipinski definition) is 2. The van der Waals surface area contributed by atoms with Crippen molar-refractivity contribution in [2.75, 3.05) is 5.75 Å². The highest BCUT2D eigenvalue weighted by Gasteiger charge is 2.37. The van der Waals surface area contributed by atoms with Crippen LogP contribution in [0.25, 0.3) is 0 Å². The molecule has 7 nitrogen and oxygen atoms in total. The van der Waals surface area contributed by atoms with E-state index in [-0.39, 0.29) is 18.0 Å². The fourth-order valence-corrected chi connectivity index (χ4v) is 5.17. The molecular weight excluding hydrogens is 386 g/mol. The number of fused-ring (bicyclic) bond motifs is 1. The van der Waals surface area contributed by atoms with Crippen molar-refractivity contribution in [2.24, 2.45) is 5.92 Å². The van der Waals surface area contributed by atoms with Crippen LogP contribution < -0.4 is 15.4 Å². The third-order valence-electron chi connectivity index (χ3n) is 5.77. The number of amides is 1. The van der Waals surface area contributed by atoms with Gasteiger partial charge in [0.05, 0.1) is 12.1 Å². The lowest BCUT2D eigenvalue weighted by atomic mass is 9.82. The number of para-hydroxylation sites is 1. The van der Waals surface area contributed by atoms with Crippen LogP contribution in [-0.2, 0) is 17.9 Å². The summed E-state index contributed by atoms with van der Waals surface area (Å²) in [6, 6.07) is 8.28. The van der Waals surface area contributed by atoms with Crippen molar-refractivity contribution >= 4 is 17.7 Å². The maximum Gasteiger partial charge on any atom is 0.225 e. The summed E-state index contributed by atoms with van der Waals surface area (Å²) in [5, 5.41) is 16.3. The van der Waals surface area contributed by atoms with E-state index in [1.165, 1.54) is 6.42 Å². The Labute approximate surface area is 176 Å². The average Bonchev–Trinajstić information content (AvgIpc) is 3.13. The minimum atomic E-state index is -0.0273. The van der Waals surface area contributed by atoms with Gasteiger partial charge in [-0.2, -0.15) is 0 Å². The molecule has 1 aromatic heterocycles. The second-order valence-electron chi connectivity index (χ2n) is 7.73. The van der Waals surface area contributed by atoms with Crippen molar-refractivity contribution in [3.63, 3.8) is 0 Å². The maximum atomic E-state index is 12.4. The number of ether oxygens (including phenoxy) is 1. The fourth-order valence-electron chi connectivity index (χ4n) is 4.18. The number of carbonyl (C=O) groups excluding carboxylic acids is 1. The molecule has 0 radical (unpaired) electrons. The molecule has 3 atom stereocenters. The normalized spacial score (nSPS) is 24.1. The van der Waals surface area contributed by atoms with E-state index in [2.05, 4.69) is 32.3 Å². The van der Waals surface area contributed by atoms with Crippen LogP contribution in [0.5, 0.6) is 5.75 Å². The van der Waals surface area contributed by atoms with Crippen LogP contribution in [0.4, 0.5) is 0 Å². The summed E-state index contributed by atoms with van der Waals surface area (Å²) < 4.78 is 8.02. The molecule has 2 heterocycles. The number of rotatable bonds is 7. The summed E-state index contributed by atoms with van der Waals surface area (Å²) in [6.07, 6.45) is 4.42. The highest BCUT2D eigenvalue weighted by molar-refractivity contribution is 7.99. The van der Waals surface area contributed by atoms with Gasteiger partial charge in [0.15, 0.2) is 11.0 Å². The van der Waals surface area contributed by atoms with Gasteiger partial charge in [-0.25, -0.2) is 0 Å². The summed E-state index contributed by atoms with van der Waals surface area (Å²) in [6.45, 7) is 5.27. The standard InChI is InChI=1S/C21H29N5O2S/c1-3-26-19(12-28-17-11-7-4-8-14(17)2)24-25-21(26)29-13-18-22-16-10-6-5-9-15(16)20(27)23-18/h4,7-8,11,15-16,18,22H,3,5-6,9-10,12-13H2,1-2H3,(H,23,27). The molecule has 2 aliphatic rings. The van der Waals surface area contributed by atoms with Crippen molar-refractivity contribution in [1.82, 2.24) is 25.4 Å². The second-order valence-corrected chi connectivity index (χ2v) is 8.72. The molecule has 1 aliphatic heterocycles. The Morgan fingerprint density at radius 3 is 2.90 bits per heavy atom. The largest absolute Gasteiger partial charge is 0.485 e. The Morgan fingerprint density at radius 2 is 2.07 bits per heavy atom. The van der Waals surface area contributed by atoms with Gasteiger partial charge in [-0.05, 0) is 38.3 Å². The number of hydrogen-bond acceptors (Lipinski definition) is 6. The number of nitrogens with zero attached hydrogens (tertiary/aromatic N) is 3. The number of carbonyl (C=O) groups is 1. The molecule has 0 bridgehead atoms. The first-order valence-electron chi connectivity index (χ1n) is 10.5. The number of aromatic nitrogens is 3. The van der Waals surface area contributed by atoms with Gasteiger partial charge < -0.3 is 14.6 Å². The topological polar surface area (TPSA) is 81.1 Å². The fraction of sp³-hybridized carbons (Fsp3) is 0.571. The first-order valence-corrected chi connectivity index (χ1v) is 11.4. The number of nitrogens with one attached hydrogen (secondary N) is 2. The molecule has 1 saturated carbocycles. The van der Waals surface area contributed by atoms with Crippen molar-refractivity contribution in [1.29, 1.82) is 0 Å². The number of aryl methyl sites for hydroxylation is 1. The van der Waals surface area contributed by atoms with Crippen molar-refractivity contribution in [3.8, 4) is 5.75 Å². The lowest BCUT2D eigenvalue weighted by Gasteiger charge is -2.40. The molecule has 1 aromatic carbocycles. The van der Waals surface area contributed by atoms with Crippen LogP contribution in [-0.4, -0.2) is 38.6 Å². The molecule has 29 heavy (non-hydrogen) atoms. The van der Waals surface area contributed by atoms with Gasteiger partial charge in [-0.15, -0.1) is 10.2 Å². The molecule has 2 aromatic rings. The van der Waals surface area contributed by atoms with E-state index in [0.29, 0.717) is 12.6 Å². The van der Waals surface area contributed by atoms with E-state index in [9.17, 15) is 4.79 Å². The molecule has 4 rings (SSSR count). The van der Waals surface area contributed by atoms with Gasteiger partial charge in [-0.1, -0.05) is 42.8 Å². The molecule has 1 amide bonds. The van der Waals surface area contributed by atoms with E-state index in [1.807, 2.05) is 31.2 Å². The molecule has 1 aliphatic carbocycles. The lowest BCUT2D eigenvalue weighted by molar-refractivity contribution is -0.130. The maximum absolute atomic E-state index is 12.4. The Kier molecular flexibility index (Phi) is 6.40. The third-order valence-corrected chi connectivity index (χ3v) is 6.83. The first-order chi connectivity index (χ1) is 14.2. The highest BCUT2D eigenvalue weighted by Crippen LogP contribution is 2.28. The minimum absolute atomic E-state index is 0.0273. The lowest BCUT2D eigenvalue weighted by Crippen LogP contribution is -2.62. The first kappa shape index (κ1) is 20.2. The molecule has 2 N–H and O–H groups in total. The monoisotopic (exact) mass is 415 g/mol.